The number of hydrogen-bond acceptors (Lipinski definition) is 5. The Kier molecular flexibility index (Phi) is 5.06. The highest BCUT2D eigenvalue weighted by Crippen LogP contribution is 2.24. The molecule has 0 atom stereocenters. The molecule has 0 radical (unpaired) electrons. The van der Waals surface area contributed by atoms with Gasteiger partial charge in [0.1, 0.15) is 5.69 Å². The fraction of sp³-hybridized carbons (Fsp3) is 0.364. The van der Waals surface area contributed by atoms with Gasteiger partial charge in [0.05, 0.1) is 4.92 Å². The van der Waals surface area contributed by atoms with E-state index >= 15 is 0 Å². The minimum absolute atomic E-state index is 0.171. The number of unbranched alkanes of at least 4 members (excludes halogenated alkanes) is 1. The molecule has 1 rings (SSSR count). The maximum atomic E-state index is 11.7. The van der Waals surface area contributed by atoms with Crippen LogP contribution >= 0.6 is 0 Å². The van der Waals surface area contributed by atoms with Gasteiger partial charge in [0, 0.05) is 18.2 Å². The van der Waals surface area contributed by atoms with E-state index in [0.717, 1.165) is 12.8 Å². The van der Waals surface area contributed by atoms with Gasteiger partial charge in [0.2, 0.25) is 0 Å². The Morgan fingerprint density at radius 1 is 1.50 bits per heavy atom. The van der Waals surface area contributed by atoms with Gasteiger partial charge < -0.3 is 10.7 Å². The number of amides is 1. The van der Waals surface area contributed by atoms with E-state index in [1.165, 1.54) is 18.2 Å². The average molecular weight is 252 g/mol. The number of hydrazine groups is 1. The first-order valence-electron chi connectivity index (χ1n) is 5.63. The quantitative estimate of drug-likeness (QED) is 0.307. The summed E-state index contributed by atoms with van der Waals surface area (Å²) in [5.41, 5.74) is 2.42. The first-order chi connectivity index (χ1) is 8.60. The predicted molar refractivity (Wildman–Crippen MR) is 68.1 cm³/mol. The van der Waals surface area contributed by atoms with Gasteiger partial charge in [-0.2, -0.15) is 0 Å². The molecular formula is C11H16N4O3. The lowest BCUT2D eigenvalue weighted by molar-refractivity contribution is -0.384. The van der Waals surface area contributed by atoms with Crippen molar-refractivity contribution in [3.63, 3.8) is 0 Å². The number of hydrogen-bond donors (Lipinski definition) is 3. The Hall–Kier alpha value is -2.15. The summed E-state index contributed by atoms with van der Waals surface area (Å²) >= 11 is 0. The van der Waals surface area contributed by atoms with Crippen molar-refractivity contribution in [1.82, 2.24) is 5.32 Å². The lowest BCUT2D eigenvalue weighted by atomic mass is 10.1. The van der Waals surface area contributed by atoms with Gasteiger partial charge in [-0.3, -0.25) is 20.8 Å². The van der Waals surface area contributed by atoms with E-state index in [1.54, 1.807) is 0 Å². The van der Waals surface area contributed by atoms with Crippen molar-refractivity contribution in [3.8, 4) is 0 Å². The van der Waals surface area contributed by atoms with Crippen molar-refractivity contribution in [2.24, 2.45) is 5.84 Å². The van der Waals surface area contributed by atoms with Gasteiger partial charge in [-0.05, 0) is 18.6 Å². The van der Waals surface area contributed by atoms with Crippen LogP contribution in [0.15, 0.2) is 18.2 Å². The van der Waals surface area contributed by atoms with Crippen LogP contribution in [0.2, 0.25) is 0 Å². The number of carbonyl (C=O) groups is 1. The molecule has 0 fully saturated rings. The third-order valence-corrected chi connectivity index (χ3v) is 2.43. The van der Waals surface area contributed by atoms with Gasteiger partial charge in [0.15, 0.2) is 0 Å². The standard InChI is InChI=1S/C11H16N4O3/c1-2-3-6-13-11(16)8-4-5-9(14-12)10(7-8)15(17)18/h4-5,7,14H,2-3,6,12H2,1H3,(H,13,16). The molecule has 7 nitrogen and oxygen atoms in total. The molecule has 0 saturated heterocycles. The Morgan fingerprint density at radius 2 is 2.22 bits per heavy atom. The molecule has 1 aromatic rings. The van der Waals surface area contributed by atoms with Gasteiger partial charge in [-0.15, -0.1) is 0 Å². The summed E-state index contributed by atoms with van der Waals surface area (Å²) in [6.45, 7) is 2.57. The summed E-state index contributed by atoms with van der Waals surface area (Å²) in [5, 5.41) is 13.5. The summed E-state index contributed by atoms with van der Waals surface area (Å²) < 4.78 is 0. The number of benzene rings is 1. The summed E-state index contributed by atoms with van der Waals surface area (Å²) in [7, 11) is 0. The third-order valence-electron chi connectivity index (χ3n) is 2.43. The molecule has 0 aromatic heterocycles. The minimum atomic E-state index is -0.585. The van der Waals surface area contributed by atoms with Gasteiger partial charge in [-0.25, -0.2) is 0 Å². The summed E-state index contributed by atoms with van der Waals surface area (Å²) in [6.07, 6.45) is 1.84. The highest BCUT2D eigenvalue weighted by Gasteiger charge is 2.16. The SMILES string of the molecule is CCCCNC(=O)c1ccc(NN)c([N+](=O)[O-])c1. The molecule has 0 aliphatic heterocycles. The summed E-state index contributed by atoms with van der Waals surface area (Å²) in [5.74, 6) is 4.83. The number of anilines is 1. The molecule has 0 bridgehead atoms. The van der Waals surface area contributed by atoms with Crippen molar-refractivity contribution in [1.29, 1.82) is 0 Å². The number of nitrogens with two attached hydrogens (primary N) is 1. The first kappa shape index (κ1) is 13.9. The Balaban J connectivity index is 2.87. The van der Waals surface area contributed by atoms with Crippen LogP contribution in [0.1, 0.15) is 30.1 Å². The largest absolute Gasteiger partial charge is 0.352 e. The normalized spacial score (nSPS) is 9.89. The number of rotatable bonds is 6. The molecule has 4 N–H and O–H groups in total. The number of carbonyl (C=O) groups excluding carboxylic acids is 1. The van der Waals surface area contributed by atoms with Crippen LogP contribution in [0.25, 0.3) is 0 Å². The number of nitrogen functional groups attached to an aromatic ring is 1. The fourth-order valence-corrected chi connectivity index (χ4v) is 1.43. The Labute approximate surface area is 104 Å². The minimum Gasteiger partial charge on any atom is -0.352 e. The van der Waals surface area contributed by atoms with Gasteiger partial charge >= 0.3 is 0 Å². The highest BCUT2D eigenvalue weighted by molar-refractivity contribution is 5.95. The topological polar surface area (TPSA) is 110 Å². The zero-order valence-corrected chi connectivity index (χ0v) is 10.1. The van der Waals surface area contributed by atoms with E-state index in [9.17, 15) is 14.9 Å². The first-order valence-corrected chi connectivity index (χ1v) is 5.63. The van der Waals surface area contributed by atoms with Crippen LogP contribution in [0.3, 0.4) is 0 Å². The van der Waals surface area contributed by atoms with Crippen LogP contribution in [-0.2, 0) is 0 Å². The summed E-state index contributed by atoms with van der Waals surface area (Å²) in [6, 6.07) is 4.10. The molecule has 18 heavy (non-hydrogen) atoms. The van der Waals surface area contributed by atoms with Crippen molar-refractivity contribution in [2.75, 3.05) is 12.0 Å². The van der Waals surface area contributed by atoms with E-state index in [0.29, 0.717) is 6.54 Å². The van der Waals surface area contributed by atoms with Crippen molar-refractivity contribution in [2.45, 2.75) is 19.8 Å². The molecule has 0 aliphatic carbocycles. The molecule has 0 spiro atoms. The van der Waals surface area contributed by atoms with Crippen molar-refractivity contribution in [3.05, 3.63) is 33.9 Å². The number of nitrogens with zero attached hydrogens (tertiary/aromatic N) is 1. The van der Waals surface area contributed by atoms with E-state index in [-0.39, 0.29) is 22.8 Å². The van der Waals surface area contributed by atoms with E-state index < -0.39 is 4.92 Å². The molecule has 0 aliphatic rings. The van der Waals surface area contributed by atoms with Crippen LogP contribution < -0.4 is 16.6 Å². The van der Waals surface area contributed by atoms with Crippen LogP contribution in [0, 0.1) is 10.1 Å². The molecule has 98 valence electrons. The average Bonchev–Trinajstić information content (AvgIpc) is 2.38. The zero-order valence-electron chi connectivity index (χ0n) is 10.1. The van der Waals surface area contributed by atoms with Gasteiger partial charge in [-0.1, -0.05) is 13.3 Å². The Morgan fingerprint density at radius 3 is 2.78 bits per heavy atom. The molecule has 1 aromatic carbocycles. The van der Waals surface area contributed by atoms with Crippen molar-refractivity contribution >= 4 is 17.3 Å². The fourth-order valence-electron chi connectivity index (χ4n) is 1.43. The lowest BCUT2D eigenvalue weighted by Gasteiger charge is -2.06. The van der Waals surface area contributed by atoms with E-state index in [1.807, 2.05) is 6.92 Å². The molecule has 1 amide bonds. The number of nitro groups is 1. The number of nitro benzene ring substituents is 1. The molecular weight excluding hydrogens is 236 g/mol. The Bertz CT molecular complexity index is 448. The molecule has 0 heterocycles. The molecule has 7 heteroatoms. The third kappa shape index (κ3) is 3.42. The maximum Gasteiger partial charge on any atom is 0.294 e. The second-order valence-electron chi connectivity index (χ2n) is 3.74. The highest BCUT2D eigenvalue weighted by atomic mass is 16.6. The molecule has 0 saturated carbocycles. The van der Waals surface area contributed by atoms with Crippen LogP contribution in [0.4, 0.5) is 11.4 Å². The lowest BCUT2D eigenvalue weighted by Crippen LogP contribution is -2.24. The van der Waals surface area contributed by atoms with Gasteiger partial charge in [0.25, 0.3) is 11.6 Å². The summed E-state index contributed by atoms with van der Waals surface area (Å²) in [4.78, 5) is 21.9. The van der Waals surface area contributed by atoms with E-state index in [2.05, 4.69) is 10.7 Å². The maximum absolute atomic E-state index is 11.7. The second kappa shape index (κ2) is 6.55. The van der Waals surface area contributed by atoms with Crippen molar-refractivity contribution < 1.29 is 9.72 Å². The predicted octanol–water partition coefficient (Wildman–Crippen LogP) is 1.41. The second-order valence-corrected chi connectivity index (χ2v) is 3.74. The number of nitrogens with one attached hydrogen (secondary N) is 2. The van der Waals surface area contributed by atoms with E-state index in [4.69, 9.17) is 5.84 Å². The molecule has 0 unspecified atom stereocenters. The smallest absolute Gasteiger partial charge is 0.294 e. The van der Waals surface area contributed by atoms with Crippen LogP contribution in [0.5, 0.6) is 0 Å². The zero-order chi connectivity index (χ0) is 13.5. The monoisotopic (exact) mass is 252 g/mol. The van der Waals surface area contributed by atoms with Crippen LogP contribution in [-0.4, -0.2) is 17.4 Å².